The van der Waals surface area contributed by atoms with Gasteiger partial charge in [0, 0.05) is 31.4 Å². The predicted octanol–water partition coefficient (Wildman–Crippen LogP) is 6.38. The first-order chi connectivity index (χ1) is 18.4. The minimum atomic E-state index is -0.132. The summed E-state index contributed by atoms with van der Waals surface area (Å²) in [5.41, 5.74) is 3.28. The van der Waals surface area contributed by atoms with Crippen molar-refractivity contribution in [2.24, 2.45) is 0 Å². The highest BCUT2D eigenvalue weighted by atomic mass is 35.5. The highest BCUT2D eigenvalue weighted by molar-refractivity contribution is 6.31. The number of rotatable bonds is 11. The number of pyridine rings is 1. The molecule has 2 aromatic carbocycles. The molecule has 198 valence electrons. The van der Waals surface area contributed by atoms with Crippen molar-refractivity contribution in [2.75, 3.05) is 30.6 Å². The van der Waals surface area contributed by atoms with Crippen LogP contribution in [-0.4, -0.2) is 40.7 Å². The second-order valence-corrected chi connectivity index (χ2v) is 9.28. The molecule has 0 radical (unpaired) electrons. The number of halogens is 2. The van der Waals surface area contributed by atoms with Crippen molar-refractivity contribution in [2.45, 2.75) is 33.0 Å². The average molecular weight is 553 g/mol. The van der Waals surface area contributed by atoms with Gasteiger partial charge in [-0.25, -0.2) is 4.98 Å². The van der Waals surface area contributed by atoms with E-state index < -0.39 is 0 Å². The van der Waals surface area contributed by atoms with Gasteiger partial charge in [-0.3, -0.25) is 0 Å². The Balaban J connectivity index is 1.72. The summed E-state index contributed by atoms with van der Waals surface area (Å²) in [6, 6.07) is 20.0. The van der Waals surface area contributed by atoms with E-state index in [1.54, 1.807) is 14.2 Å². The van der Waals surface area contributed by atoms with Crippen molar-refractivity contribution in [3.8, 4) is 11.5 Å². The van der Waals surface area contributed by atoms with Crippen LogP contribution in [0.25, 0.3) is 0 Å². The van der Waals surface area contributed by atoms with E-state index in [-0.39, 0.29) is 16.6 Å². The zero-order valence-electron chi connectivity index (χ0n) is 21.8. The third-order valence-electron chi connectivity index (χ3n) is 6.27. The van der Waals surface area contributed by atoms with Gasteiger partial charge in [-0.1, -0.05) is 30.3 Å². The van der Waals surface area contributed by atoms with E-state index in [0.717, 1.165) is 34.0 Å². The summed E-state index contributed by atoms with van der Waals surface area (Å²) in [6.45, 7) is 6.03. The number of benzene rings is 2. The highest BCUT2D eigenvalue weighted by Gasteiger charge is 2.24. The summed E-state index contributed by atoms with van der Waals surface area (Å²) < 4.78 is 10.7. The lowest BCUT2D eigenvalue weighted by atomic mass is 10.1. The Morgan fingerprint density at radius 2 is 1.32 bits per heavy atom. The first kappa shape index (κ1) is 27.4. The van der Waals surface area contributed by atoms with Crippen LogP contribution in [0.5, 0.6) is 11.5 Å². The second kappa shape index (κ2) is 12.8. The molecule has 0 saturated heterocycles. The molecule has 0 aliphatic rings. The molecule has 38 heavy (non-hydrogen) atoms. The fourth-order valence-corrected chi connectivity index (χ4v) is 4.66. The molecule has 2 aromatic heterocycles. The molecular formula is C28H30Cl2N6O2. The first-order valence-corrected chi connectivity index (χ1v) is 13.0. The lowest BCUT2D eigenvalue weighted by Crippen LogP contribution is -2.31. The van der Waals surface area contributed by atoms with Crippen LogP contribution in [-0.2, 0) is 13.1 Å². The maximum Gasteiger partial charge on any atom is 0.231 e. The number of nitrogens with zero attached hydrogens (tertiary/aromatic N) is 6. The summed E-state index contributed by atoms with van der Waals surface area (Å²) in [6.07, 6.45) is 1.81. The first-order valence-electron chi connectivity index (χ1n) is 12.2. The fraction of sp³-hybridized carbons (Fsp3) is 0.286. The third-order valence-corrected chi connectivity index (χ3v) is 6.60. The Kier molecular flexibility index (Phi) is 9.20. The minimum absolute atomic E-state index is 0.0534. The molecule has 0 N–H and O–H groups in total. The van der Waals surface area contributed by atoms with Crippen molar-refractivity contribution in [3.63, 3.8) is 0 Å². The average Bonchev–Trinajstić information content (AvgIpc) is 2.93. The molecular weight excluding hydrogens is 523 g/mol. The molecule has 0 aliphatic carbocycles. The van der Waals surface area contributed by atoms with Gasteiger partial charge >= 0.3 is 0 Å². The fourth-order valence-electron chi connectivity index (χ4n) is 4.31. The standard InChI is InChI=1S/C28H30Cl2N6O2/c1-5-36(28-33-26(29)32-27(30)34-28)19(2)24-7-6-16-31-25(24)35(17-20-8-12-22(37-3)13-9-20)18-21-10-14-23(38-4)15-11-21/h6-16,19H,5,17-18H2,1-4H3/t19-/m1/s1. The lowest BCUT2D eigenvalue weighted by Gasteiger charge is -2.33. The molecule has 0 bridgehead atoms. The van der Waals surface area contributed by atoms with Gasteiger partial charge in [-0.15, -0.1) is 0 Å². The molecule has 0 unspecified atom stereocenters. The molecule has 8 nitrogen and oxygen atoms in total. The topological polar surface area (TPSA) is 76.5 Å². The maximum absolute atomic E-state index is 6.10. The van der Waals surface area contributed by atoms with E-state index in [2.05, 4.69) is 57.1 Å². The Morgan fingerprint density at radius 1 is 0.789 bits per heavy atom. The van der Waals surface area contributed by atoms with Gasteiger partial charge in [0.25, 0.3) is 0 Å². The second-order valence-electron chi connectivity index (χ2n) is 8.60. The predicted molar refractivity (Wildman–Crippen MR) is 151 cm³/mol. The van der Waals surface area contributed by atoms with Gasteiger partial charge in [0.15, 0.2) is 0 Å². The van der Waals surface area contributed by atoms with E-state index in [4.69, 9.17) is 37.7 Å². The Labute approximate surface area is 233 Å². The summed E-state index contributed by atoms with van der Waals surface area (Å²) in [4.78, 5) is 21.7. The number of hydrogen-bond acceptors (Lipinski definition) is 8. The molecule has 0 fully saturated rings. The van der Waals surface area contributed by atoms with Crippen LogP contribution in [0.4, 0.5) is 11.8 Å². The van der Waals surface area contributed by atoms with Crippen LogP contribution >= 0.6 is 23.2 Å². The Bertz CT molecular complexity index is 1270. The van der Waals surface area contributed by atoms with Crippen LogP contribution in [0.15, 0.2) is 66.9 Å². The summed E-state index contributed by atoms with van der Waals surface area (Å²) in [5.74, 6) is 2.90. The number of methoxy groups -OCH3 is 2. The van der Waals surface area contributed by atoms with E-state index in [0.29, 0.717) is 25.6 Å². The third kappa shape index (κ3) is 6.62. The molecule has 0 spiro atoms. The minimum Gasteiger partial charge on any atom is -0.497 e. The van der Waals surface area contributed by atoms with Gasteiger partial charge in [-0.2, -0.15) is 15.0 Å². The van der Waals surface area contributed by atoms with Crippen molar-refractivity contribution in [3.05, 3.63) is 94.1 Å². The van der Waals surface area contributed by atoms with Gasteiger partial charge in [0.1, 0.15) is 17.3 Å². The van der Waals surface area contributed by atoms with Crippen molar-refractivity contribution in [1.29, 1.82) is 0 Å². The van der Waals surface area contributed by atoms with E-state index in [1.807, 2.05) is 48.4 Å². The monoisotopic (exact) mass is 552 g/mol. The zero-order chi connectivity index (χ0) is 27.1. The molecule has 0 aliphatic heterocycles. The normalized spacial score (nSPS) is 11.6. The summed E-state index contributed by atoms with van der Waals surface area (Å²) in [7, 11) is 3.33. The molecule has 0 saturated carbocycles. The zero-order valence-corrected chi connectivity index (χ0v) is 23.3. The molecule has 4 rings (SSSR count). The molecule has 10 heteroatoms. The Morgan fingerprint density at radius 3 is 1.79 bits per heavy atom. The van der Waals surface area contributed by atoms with Gasteiger partial charge in [-0.05, 0) is 78.5 Å². The van der Waals surface area contributed by atoms with Crippen LogP contribution in [0.1, 0.15) is 36.6 Å². The summed E-state index contributed by atoms with van der Waals surface area (Å²) >= 11 is 12.2. The smallest absolute Gasteiger partial charge is 0.231 e. The van der Waals surface area contributed by atoms with Crippen LogP contribution in [0.2, 0.25) is 10.6 Å². The molecule has 1 atom stereocenters. The highest BCUT2D eigenvalue weighted by Crippen LogP contribution is 2.33. The molecule has 0 amide bonds. The Hall–Kier alpha value is -3.62. The number of hydrogen-bond donors (Lipinski definition) is 0. The van der Waals surface area contributed by atoms with E-state index in [9.17, 15) is 0 Å². The number of aromatic nitrogens is 4. The molecule has 4 aromatic rings. The number of anilines is 2. The number of ether oxygens (including phenoxy) is 2. The lowest BCUT2D eigenvalue weighted by molar-refractivity contribution is 0.414. The van der Waals surface area contributed by atoms with E-state index in [1.165, 1.54) is 0 Å². The van der Waals surface area contributed by atoms with Gasteiger partial charge in [0.2, 0.25) is 16.5 Å². The quantitative estimate of drug-likeness (QED) is 0.212. The maximum atomic E-state index is 6.10. The van der Waals surface area contributed by atoms with Crippen molar-refractivity contribution < 1.29 is 9.47 Å². The van der Waals surface area contributed by atoms with Crippen LogP contribution in [0.3, 0.4) is 0 Å². The SMILES string of the molecule is CCN(c1nc(Cl)nc(Cl)n1)[C@H](C)c1cccnc1N(Cc1ccc(OC)cc1)Cc1ccc(OC)cc1. The van der Waals surface area contributed by atoms with Crippen molar-refractivity contribution in [1.82, 2.24) is 19.9 Å². The van der Waals surface area contributed by atoms with Gasteiger partial charge in [0.05, 0.1) is 20.3 Å². The van der Waals surface area contributed by atoms with Crippen LogP contribution < -0.4 is 19.3 Å². The molecule has 2 heterocycles. The van der Waals surface area contributed by atoms with Crippen molar-refractivity contribution >= 4 is 35.0 Å². The van der Waals surface area contributed by atoms with Crippen LogP contribution in [0, 0.1) is 0 Å². The summed E-state index contributed by atoms with van der Waals surface area (Å²) in [5, 5.41) is 0.107. The van der Waals surface area contributed by atoms with Gasteiger partial charge < -0.3 is 19.3 Å². The van der Waals surface area contributed by atoms with E-state index >= 15 is 0 Å². The largest absolute Gasteiger partial charge is 0.497 e.